The highest BCUT2D eigenvalue weighted by molar-refractivity contribution is 5.70. The molecule has 0 bridgehead atoms. The fourth-order valence-corrected chi connectivity index (χ4v) is 1.40. The maximum absolute atomic E-state index is 11.5. The number of amides is 1. The van der Waals surface area contributed by atoms with Crippen LogP contribution in [0.5, 0.6) is 5.88 Å². The number of rotatable bonds is 1. The topological polar surface area (TPSA) is 55.3 Å². The lowest BCUT2D eigenvalue weighted by atomic mass is 10.4. The predicted molar refractivity (Wildman–Crippen MR) is 48.9 cm³/mol. The van der Waals surface area contributed by atoms with Crippen LogP contribution in [0.25, 0.3) is 0 Å². The van der Waals surface area contributed by atoms with Crippen molar-refractivity contribution in [1.29, 1.82) is 0 Å². The van der Waals surface area contributed by atoms with Gasteiger partial charge < -0.3 is 9.64 Å². The van der Waals surface area contributed by atoms with Crippen LogP contribution in [0.1, 0.15) is 12.8 Å². The normalized spacial score (nSPS) is 15.6. The lowest BCUT2D eigenvalue weighted by Crippen LogP contribution is -2.30. The van der Waals surface area contributed by atoms with Gasteiger partial charge in [-0.1, -0.05) is 0 Å². The third-order valence-electron chi connectivity index (χ3n) is 2.10. The number of ether oxygens (including phenoxy) is 1. The van der Waals surface area contributed by atoms with Gasteiger partial charge in [0.25, 0.3) is 0 Å². The van der Waals surface area contributed by atoms with Gasteiger partial charge >= 0.3 is 6.09 Å². The van der Waals surface area contributed by atoms with E-state index in [0.717, 1.165) is 25.9 Å². The molecule has 1 amide bonds. The number of carbonyl (C=O) groups excluding carboxylic acids is 1. The van der Waals surface area contributed by atoms with Crippen molar-refractivity contribution in [3.63, 3.8) is 0 Å². The van der Waals surface area contributed by atoms with Gasteiger partial charge in [-0.05, 0) is 18.9 Å². The van der Waals surface area contributed by atoms with Crippen LogP contribution in [0.4, 0.5) is 4.79 Å². The molecule has 2 rings (SSSR count). The molecule has 1 aromatic rings. The van der Waals surface area contributed by atoms with Crippen LogP contribution in [0.2, 0.25) is 0 Å². The van der Waals surface area contributed by atoms with E-state index in [1.165, 1.54) is 6.20 Å². The SMILES string of the molecule is O=C(Oc1cccnn1)N1CCCC1. The highest BCUT2D eigenvalue weighted by Crippen LogP contribution is 2.10. The van der Waals surface area contributed by atoms with Crippen molar-refractivity contribution in [2.75, 3.05) is 13.1 Å². The molecule has 1 aliphatic heterocycles. The highest BCUT2D eigenvalue weighted by Gasteiger charge is 2.19. The minimum Gasteiger partial charge on any atom is -0.389 e. The van der Waals surface area contributed by atoms with Gasteiger partial charge in [-0.15, -0.1) is 5.10 Å². The number of hydrogen-bond donors (Lipinski definition) is 0. The average molecular weight is 193 g/mol. The van der Waals surface area contributed by atoms with Gasteiger partial charge in [-0.25, -0.2) is 4.79 Å². The van der Waals surface area contributed by atoms with E-state index in [9.17, 15) is 4.79 Å². The first kappa shape index (κ1) is 8.93. The molecule has 0 unspecified atom stereocenters. The number of carbonyl (C=O) groups is 1. The smallest absolute Gasteiger partial charge is 0.389 e. The summed E-state index contributed by atoms with van der Waals surface area (Å²) in [7, 11) is 0. The molecule has 2 heterocycles. The fourth-order valence-electron chi connectivity index (χ4n) is 1.40. The Morgan fingerprint density at radius 1 is 1.43 bits per heavy atom. The summed E-state index contributed by atoms with van der Waals surface area (Å²) < 4.78 is 5.01. The Morgan fingerprint density at radius 2 is 2.21 bits per heavy atom. The van der Waals surface area contributed by atoms with Crippen molar-refractivity contribution in [2.24, 2.45) is 0 Å². The van der Waals surface area contributed by atoms with Gasteiger partial charge in [0.15, 0.2) is 0 Å². The largest absolute Gasteiger partial charge is 0.416 e. The van der Waals surface area contributed by atoms with E-state index in [-0.39, 0.29) is 12.0 Å². The predicted octanol–water partition coefficient (Wildman–Crippen LogP) is 1.07. The van der Waals surface area contributed by atoms with Crippen LogP contribution < -0.4 is 4.74 Å². The summed E-state index contributed by atoms with van der Waals surface area (Å²) in [4.78, 5) is 13.1. The van der Waals surface area contributed by atoms with E-state index in [0.29, 0.717) is 0 Å². The zero-order valence-electron chi connectivity index (χ0n) is 7.72. The molecular weight excluding hydrogens is 182 g/mol. The summed E-state index contributed by atoms with van der Waals surface area (Å²) in [5.41, 5.74) is 0. The Labute approximate surface area is 81.7 Å². The minimum atomic E-state index is -0.331. The molecule has 74 valence electrons. The van der Waals surface area contributed by atoms with E-state index in [1.54, 1.807) is 17.0 Å². The molecule has 1 fully saturated rings. The fraction of sp³-hybridized carbons (Fsp3) is 0.444. The maximum Gasteiger partial charge on any atom is 0.416 e. The van der Waals surface area contributed by atoms with E-state index >= 15 is 0 Å². The van der Waals surface area contributed by atoms with Crippen molar-refractivity contribution in [2.45, 2.75) is 12.8 Å². The van der Waals surface area contributed by atoms with Crippen molar-refractivity contribution in [3.8, 4) is 5.88 Å². The Hall–Kier alpha value is -1.65. The monoisotopic (exact) mass is 193 g/mol. The Morgan fingerprint density at radius 3 is 2.86 bits per heavy atom. The van der Waals surface area contributed by atoms with E-state index in [1.807, 2.05) is 0 Å². The highest BCUT2D eigenvalue weighted by atomic mass is 16.6. The second kappa shape index (κ2) is 4.04. The second-order valence-corrected chi connectivity index (χ2v) is 3.12. The maximum atomic E-state index is 11.5. The van der Waals surface area contributed by atoms with E-state index < -0.39 is 0 Å². The molecule has 14 heavy (non-hydrogen) atoms. The van der Waals surface area contributed by atoms with Gasteiger partial charge in [0.1, 0.15) is 0 Å². The quantitative estimate of drug-likeness (QED) is 0.669. The van der Waals surface area contributed by atoms with E-state index in [4.69, 9.17) is 4.74 Å². The van der Waals surface area contributed by atoms with Crippen LogP contribution in [-0.4, -0.2) is 34.3 Å². The van der Waals surface area contributed by atoms with E-state index in [2.05, 4.69) is 10.2 Å². The Balaban J connectivity index is 1.94. The molecule has 0 radical (unpaired) electrons. The molecule has 0 N–H and O–H groups in total. The Bertz CT molecular complexity index is 309. The lowest BCUT2D eigenvalue weighted by molar-refractivity contribution is 0.160. The van der Waals surface area contributed by atoms with Gasteiger partial charge in [-0.2, -0.15) is 5.10 Å². The summed E-state index contributed by atoms with van der Waals surface area (Å²) in [5, 5.41) is 7.29. The zero-order valence-corrected chi connectivity index (χ0v) is 7.72. The molecule has 0 saturated carbocycles. The molecule has 5 heteroatoms. The third kappa shape index (κ3) is 1.99. The van der Waals surface area contributed by atoms with Gasteiger partial charge in [0.05, 0.1) is 0 Å². The first-order chi connectivity index (χ1) is 6.86. The standard InChI is InChI=1S/C9H11N3O2/c13-9(12-6-1-2-7-12)14-8-4-3-5-10-11-8/h3-5H,1-2,6-7H2. The molecular formula is C9H11N3O2. The number of likely N-dealkylation sites (tertiary alicyclic amines) is 1. The average Bonchev–Trinajstić information content (AvgIpc) is 2.72. The molecule has 5 nitrogen and oxygen atoms in total. The van der Waals surface area contributed by atoms with Gasteiger partial charge in [0.2, 0.25) is 5.88 Å². The van der Waals surface area contributed by atoms with Crippen molar-refractivity contribution in [1.82, 2.24) is 15.1 Å². The lowest BCUT2D eigenvalue weighted by Gasteiger charge is -2.13. The summed E-state index contributed by atoms with van der Waals surface area (Å²) in [6.45, 7) is 1.55. The van der Waals surface area contributed by atoms with Crippen LogP contribution in [0.3, 0.4) is 0 Å². The zero-order chi connectivity index (χ0) is 9.80. The van der Waals surface area contributed by atoms with Crippen molar-refractivity contribution in [3.05, 3.63) is 18.3 Å². The van der Waals surface area contributed by atoms with Crippen LogP contribution in [0, 0.1) is 0 Å². The van der Waals surface area contributed by atoms with Crippen molar-refractivity contribution < 1.29 is 9.53 Å². The molecule has 1 aromatic heterocycles. The molecule has 1 saturated heterocycles. The van der Waals surface area contributed by atoms with Crippen molar-refractivity contribution >= 4 is 6.09 Å². The first-order valence-electron chi connectivity index (χ1n) is 4.61. The van der Waals surface area contributed by atoms with Crippen LogP contribution >= 0.6 is 0 Å². The van der Waals surface area contributed by atoms with Gasteiger partial charge in [-0.3, -0.25) is 0 Å². The van der Waals surface area contributed by atoms with Crippen LogP contribution in [-0.2, 0) is 0 Å². The molecule has 0 aliphatic carbocycles. The minimum absolute atomic E-state index is 0.254. The molecule has 0 atom stereocenters. The summed E-state index contributed by atoms with van der Waals surface area (Å²) in [6.07, 6.45) is 3.31. The third-order valence-corrected chi connectivity index (χ3v) is 2.10. The molecule has 1 aliphatic rings. The Kier molecular flexibility index (Phi) is 2.58. The summed E-state index contributed by atoms with van der Waals surface area (Å²) in [6, 6.07) is 3.29. The second-order valence-electron chi connectivity index (χ2n) is 3.12. The number of aromatic nitrogens is 2. The number of hydrogen-bond acceptors (Lipinski definition) is 4. The number of nitrogens with zero attached hydrogens (tertiary/aromatic N) is 3. The molecule has 0 aromatic carbocycles. The first-order valence-corrected chi connectivity index (χ1v) is 4.61. The summed E-state index contributed by atoms with van der Waals surface area (Å²) >= 11 is 0. The van der Waals surface area contributed by atoms with Gasteiger partial charge in [0, 0.05) is 25.4 Å². The molecule has 0 spiro atoms. The summed E-state index contributed by atoms with van der Waals surface area (Å²) in [5.74, 6) is 0.254. The van der Waals surface area contributed by atoms with Crippen LogP contribution in [0.15, 0.2) is 18.3 Å².